The van der Waals surface area contributed by atoms with Crippen LogP contribution >= 0.6 is 46.7 Å². The van der Waals surface area contributed by atoms with Crippen molar-refractivity contribution in [1.29, 1.82) is 0 Å². The van der Waals surface area contributed by atoms with Crippen molar-refractivity contribution in [3.05, 3.63) is 61.1 Å². The maximum atomic E-state index is 13.7. The van der Waals surface area contributed by atoms with Crippen LogP contribution in [0.1, 0.15) is 27.7 Å². The molecule has 162 valence electrons. The quantitative estimate of drug-likeness (QED) is 0.357. The summed E-state index contributed by atoms with van der Waals surface area (Å²) in [7, 11) is 0. The van der Waals surface area contributed by atoms with Crippen LogP contribution in [0.5, 0.6) is 0 Å². The molecule has 2 aliphatic heterocycles. The Morgan fingerprint density at radius 3 is 2.53 bits per heavy atom. The number of aryl methyl sites for hydroxylation is 1. The minimum absolute atomic E-state index is 0.00660. The zero-order chi connectivity index (χ0) is 21.7. The Morgan fingerprint density at radius 2 is 1.81 bits per heavy atom. The second kappa shape index (κ2) is 6.88. The summed E-state index contributed by atoms with van der Waals surface area (Å²) in [5.41, 5.74) is 1.84. The molecule has 4 aliphatic rings. The Morgan fingerprint density at radius 1 is 1.06 bits per heavy atom. The maximum absolute atomic E-state index is 13.7. The molecule has 4 nitrogen and oxygen atoms in total. The largest absolute Gasteiger partial charge is 0.332 e. The van der Waals surface area contributed by atoms with Crippen LogP contribution in [0.15, 0.2) is 46.8 Å². The molecule has 7 unspecified atom stereocenters. The number of thiazole rings is 1. The van der Waals surface area contributed by atoms with E-state index in [4.69, 9.17) is 12.2 Å². The number of hydrogen-bond donors (Lipinski definition) is 1. The smallest absolute Gasteiger partial charge is 0.238 e. The van der Waals surface area contributed by atoms with Crippen LogP contribution in [0.4, 0.5) is 5.69 Å². The highest BCUT2D eigenvalue weighted by molar-refractivity contribution is 8.00. The van der Waals surface area contributed by atoms with Gasteiger partial charge in [0.2, 0.25) is 11.8 Å². The molecule has 2 aromatic heterocycles. The molecule has 32 heavy (non-hydrogen) atoms. The molecule has 2 aliphatic carbocycles. The van der Waals surface area contributed by atoms with Gasteiger partial charge in [-0.05, 0) is 66.9 Å². The van der Waals surface area contributed by atoms with Crippen molar-refractivity contribution in [2.75, 3.05) is 4.90 Å². The molecule has 8 heteroatoms. The summed E-state index contributed by atoms with van der Waals surface area (Å²) in [6, 6.07) is 12.1. The van der Waals surface area contributed by atoms with E-state index in [1.165, 1.54) is 19.7 Å². The minimum atomic E-state index is -0.188. The SMILES string of the molecule is Cc1ccc(N2C(=O)C3C4CC(C3C2=O)C2C(c3cccs3)c3sc(=S)[nH]c3SC42)cc1. The van der Waals surface area contributed by atoms with Gasteiger partial charge in [0.25, 0.3) is 0 Å². The monoisotopic (exact) mass is 496 g/mol. The van der Waals surface area contributed by atoms with Crippen molar-refractivity contribution < 1.29 is 9.59 Å². The topological polar surface area (TPSA) is 53.2 Å². The van der Waals surface area contributed by atoms with Crippen molar-refractivity contribution in [3.63, 3.8) is 0 Å². The van der Waals surface area contributed by atoms with Crippen LogP contribution in [-0.2, 0) is 9.59 Å². The average molecular weight is 497 g/mol. The standard InChI is InChI=1S/C24H20N2O2S4/c1-10-4-6-11(7-5-10)26-22(27)16-12-9-13(17(16)23(26)28)19-15(12)18(14-3-2-8-30-14)20-21(31-19)25-24(29)32-20/h2-8,12-13,15-19H,9H2,1H3,(H,25,29). The number of aromatic nitrogens is 1. The van der Waals surface area contributed by atoms with Gasteiger partial charge in [-0.3, -0.25) is 14.5 Å². The summed E-state index contributed by atoms with van der Waals surface area (Å²) in [4.78, 5) is 34.8. The van der Waals surface area contributed by atoms with E-state index in [2.05, 4.69) is 22.5 Å². The van der Waals surface area contributed by atoms with Crippen LogP contribution in [0.2, 0.25) is 0 Å². The molecule has 3 aromatic rings. The van der Waals surface area contributed by atoms with E-state index in [9.17, 15) is 9.59 Å². The lowest BCUT2D eigenvalue weighted by atomic mass is 9.69. The molecule has 2 amide bonds. The first-order valence-corrected chi connectivity index (χ1v) is 13.9. The molecule has 2 saturated carbocycles. The van der Waals surface area contributed by atoms with E-state index in [1.54, 1.807) is 22.7 Å². The minimum Gasteiger partial charge on any atom is -0.332 e. The first-order valence-electron chi connectivity index (χ1n) is 10.9. The van der Waals surface area contributed by atoms with Gasteiger partial charge in [0, 0.05) is 20.9 Å². The summed E-state index contributed by atoms with van der Waals surface area (Å²) in [6.07, 6.45) is 0.981. The average Bonchev–Trinajstić information content (AvgIpc) is 3.57. The van der Waals surface area contributed by atoms with Gasteiger partial charge in [-0.15, -0.1) is 34.4 Å². The number of amides is 2. The maximum Gasteiger partial charge on any atom is 0.238 e. The lowest BCUT2D eigenvalue weighted by Crippen LogP contribution is -2.42. The highest BCUT2D eigenvalue weighted by Gasteiger charge is 2.69. The summed E-state index contributed by atoms with van der Waals surface area (Å²) < 4.78 is 0.814. The third-order valence-electron chi connectivity index (χ3n) is 7.87. The number of thioether (sulfide) groups is 1. The number of H-pyrrole nitrogens is 1. The molecular formula is C24H20N2O2S4. The van der Waals surface area contributed by atoms with E-state index in [0.29, 0.717) is 16.9 Å². The normalized spacial score (nSPS) is 34.7. The van der Waals surface area contributed by atoms with Gasteiger partial charge in [0.1, 0.15) is 0 Å². The van der Waals surface area contributed by atoms with Gasteiger partial charge in [-0.2, -0.15) is 0 Å². The van der Waals surface area contributed by atoms with Crippen LogP contribution in [-0.4, -0.2) is 22.0 Å². The second-order valence-electron chi connectivity index (χ2n) is 9.32. The molecule has 0 spiro atoms. The molecule has 1 N–H and O–H groups in total. The number of benzene rings is 1. The summed E-state index contributed by atoms with van der Waals surface area (Å²) in [6.45, 7) is 2.02. The van der Waals surface area contributed by atoms with Crippen LogP contribution in [0, 0.1) is 40.5 Å². The number of imide groups is 1. The molecule has 1 aromatic carbocycles. The molecule has 2 bridgehead atoms. The Bertz CT molecular complexity index is 1310. The zero-order valence-corrected chi connectivity index (χ0v) is 20.5. The van der Waals surface area contributed by atoms with Gasteiger partial charge in [0.05, 0.1) is 22.5 Å². The second-order valence-corrected chi connectivity index (χ2v) is 13.2. The number of thiophene rings is 1. The van der Waals surface area contributed by atoms with E-state index in [-0.39, 0.29) is 41.4 Å². The van der Waals surface area contributed by atoms with Crippen LogP contribution < -0.4 is 4.90 Å². The first kappa shape index (κ1) is 19.7. The highest BCUT2D eigenvalue weighted by atomic mass is 32.2. The van der Waals surface area contributed by atoms with Crippen LogP contribution in [0.25, 0.3) is 0 Å². The molecule has 3 fully saturated rings. The van der Waals surface area contributed by atoms with Gasteiger partial charge < -0.3 is 4.98 Å². The van der Waals surface area contributed by atoms with Gasteiger partial charge >= 0.3 is 0 Å². The predicted molar refractivity (Wildman–Crippen MR) is 131 cm³/mol. The van der Waals surface area contributed by atoms with Crippen molar-refractivity contribution in [2.24, 2.45) is 29.6 Å². The number of hydrogen-bond acceptors (Lipinski definition) is 6. The van der Waals surface area contributed by atoms with Crippen molar-refractivity contribution >= 4 is 64.2 Å². The number of aromatic amines is 1. The first-order chi connectivity index (χ1) is 15.5. The van der Waals surface area contributed by atoms with E-state index < -0.39 is 0 Å². The number of carbonyl (C=O) groups excluding carboxylic acids is 2. The van der Waals surface area contributed by atoms with Crippen LogP contribution in [0.3, 0.4) is 0 Å². The Labute approximate surface area is 203 Å². The van der Waals surface area contributed by atoms with Gasteiger partial charge in [-0.25, -0.2) is 0 Å². The Balaban J connectivity index is 1.32. The lowest BCUT2D eigenvalue weighted by Gasteiger charge is -2.42. The van der Waals surface area contributed by atoms with Crippen molar-refractivity contribution in [2.45, 2.75) is 29.5 Å². The fourth-order valence-electron chi connectivity index (χ4n) is 6.75. The molecule has 7 rings (SSSR count). The fourth-order valence-corrected chi connectivity index (χ4v) is 11.0. The number of carbonyl (C=O) groups is 2. The molecule has 4 heterocycles. The summed E-state index contributed by atoms with van der Waals surface area (Å²) >= 11 is 10.9. The third kappa shape index (κ3) is 2.52. The molecule has 1 saturated heterocycles. The summed E-state index contributed by atoms with van der Waals surface area (Å²) in [5.74, 6) is 0.760. The predicted octanol–water partition coefficient (Wildman–Crippen LogP) is 5.85. The molecule has 7 atom stereocenters. The zero-order valence-electron chi connectivity index (χ0n) is 17.2. The highest BCUT2D eigenvalue weighted by Crippen LogP contribution is 2.69. The van der Waals surface area contributed by atoms with E-state index in [0.717, 1.165) is 15.9 Å². The number of fused-ring (bicyclic) bond motifs is 9. The lowest BCUT2D eigenvalue weighted by molar-refractivity contribution is -0.123. The molecular weight excluding hydrogens is 477 g/mol. The number of anilines is 1. The van der Waals surface area contributed by atoms with Crippen molar-refractivity contribution in [1.82, 2.24) is 4.98 Å². The van der Waals surface area contributed by atoms with Gasteiger partial charge in [0.15, 0.2) is 3.95 Å². The van der Waals surface area contributed by atoms with Gasteiger partial charge in [-0.1, -0.05) is 23.8 Å². The fraction of sp³-hybridized carbons (Fsp3) is 0.375. The van der Waals surface area contributed by atoms with Crippen molar-refractivity contribution in [3.8, 4) is 0 Å². The number of nitrogens with one attached hydrogen (secondary N) is 1. The third-order valence-corrected chi connectivity index (χ3v) is 11.8. The molecule has 0 radical (unpaired) electrons. The van der Waals surface area contributed by atoms with E-state index in [1.807, 2.05) is 43.0 Å². The Hall–Kier alpha value is -1.74. The summed E-state index contributed by atoms with van der Waals surface area (Å²) in [5, 5.41) is 3.66. The number of nitrogens with zero attached hydrogens (tertiary/aromatic N) is 1. The van der Waals surface area contributed by atoms with E-state index >= 15 is 0 Å². The Kier molecular flexibility index (Phi) is 4.24. The number of rotatable bonds is 2.